The molecule has 96 valence electrons. The Labute approximate surface area is 107 Å². The van der Waals surface area contributed by atoms with Crippen LogP contribution in [-0.2, 0) is 6.42 Å². The highest BCUT2D eigenvalue weighted by Crippen LogP contribution is 2.28. The lowest BCUT2D eigenvalue weighted by Gasteiger charge is -2.29. The highest BCUT2D eigenvalue weighted by Gasteiger charge is 2.22. The molecule has 0 aromatic carbocycles. The number of fused-ring (bicyclic) bond motifs is 1. The summed E-state index contributed by atoms with van der Waals surface area (Å²) in [5.41, 5.74) is 2.22. The molecule has 0 radical (unpaired) electrons. The van der Waals surface area contributed by atoms with E-state index in [1.807, 2.05) is 6.07 Å². The van der Waals surface area contributed by atoms with E-state index < -0.39 is 0 Å². The van der Waals surface area contributed by atoms with Crippen molar-refractivity contribution in [2.75, 3.05) is 0 Å². The number of nitriles is 1. The van der Waals surface area contributed by atoms with Gasteiger partial charge in [-0.3, -0.25) is 4.79 Å². The van der Waals surface area contributed by atoms with Crippen molar-refractivity contribution in [1.29, 1.82) is 5.26 Å². The summed E-state index contributed by atoms with van der Waals surface area (Å²) in [5.74, 6) is 0. The highest BCUT2D eigenvalue weighted by molar-refractivity contribution is 5.26. The van der Waals surface area contributed by atoms with Crippen LogP contribution in [0.1, 0.15) is 49.9 Å². The van der Waals surface area contributed by atoms with Gasteiger partial charge in [0.15, 0.2) is 0 Å². The van der Waals surface area contributed by atoms with Crippen molar-refractivity contribution in [1.82, 2.24) is 10.3 Å². The van der Waals surface area contributed by atoms with E-state index in [0.29, 0.717) is 6.42 Å². The first-order chi connectivity index (χ1) is 8.74. The van der Waals surface area contributed by atoms with E-state index in [9.17, 15) is 4.79 Å². The van der Waals surface area contributed by atoms with Crippen LogP contribution in [0.4, 0.5) is 0 Å². The van der Waals surface area contributed by atoms with Crippen LogP contribution in [0.2, 0.25) is 0 Å². The Hall–Kier alpha value is -1.60. The average Bonchev–Trinajstić information content (AvgIpc) is 2.38. The van der Waals surface area contributed by atoms with Crippen LogP contribution in [0.25, 0.3) is 0 Å². The average molecular weight is 245 g/mol. The zero-order valence-corrected chi connectivity index (χ0v) is 10.7. The standard InChI is InChI=1S/C14H19N3O/c1-2-10(8-9-15)16-12-4-3-5-13-11(12)6-7-14(18)17-13/h6-7,10,12,16H,2-5,8H2,1H3,(H,17,18). The third kappa shape index (κ3) is 2.80. The lowest BCUT2D eigenvalue weighted by molar-refractivity contribution is 0.386. The molecule has 1 heterocycles. The van der Waals surface area contributed by atoms with Crippen molar-refractivity contribution in [3.05, 3.63) is 33.7 Å². The number of pyridine rings is 1. The summed E-state index contributed by atoms with van der Waals surface area (Å²) < 4.78 is 0. The third-order valence-electron chi connectivity index (χ3n) is 3.60. The van der Waals surface area contributed by atoms with Gasteiger partial charge in [-0.1, -0.05) is 13.0 Å². The Morgan fingerprint density at radius 3 is 3.17 bits per heavy atom. The van der Waals surface area contributed by atoms with E-state index in [-0.39, 0.29) is 17.6 Å². The number of nitrogens with zero attached hydrogens (tertiary/aromatic N) is 1. The minimum absolute atomic E-state index is 0.0292. The fourth-order valence-electron chi connectivity index (χ4n) is 2.59. The molecule has 2 rings (SSSR count). The van der Waals surface area contributed by atoms with Gasteiger partial charge in [-0.2, -0.15) is 5.26 Å². The zero-order chi connectivity index (χ0) is 13.0. The summed E-state index contributed by atoms with van der Waals surface area (Å²) in [7, 11) is 0. The van der Waals surface area contributed by atoms with Crippen LogP contribution in [-0.4, -0.2) is 11.0 Å². The minimum atomic E-state index is -0.0292. The quantitative estimate of drug-likeness (QED) is 0.852. The SMILES string of the molecule is CCC(CC#N)NC1CCCc2[nH]c(=O)ccc21. The highest BCUT2D eigenvalue weighted by atomic mass is 16.1. The molecule has 18 heavy (non-hydrogen) atoms. The number of hydrogen-bond acceptors (Lipinski definition) is 3. The number of aromatic amines is 1. The molecule has 1 aliphatic rings. The largest absolute Gasteiger partial charge is 0.326 e. The van der Waals surface area contributed by atoms with Gasteiger partial charge in [0.05, 0.1) is 12.5 Å². The van der Waals surface area contributed by atoms with E-state index in [2.05, 4.69) is 23.3 Å². The Kier molecular flexibility index (Phi) is 4.16. The Balaban J connectivity index is 2.17. The number of nitrogens with one attached hydrogen (secondary N) is 2. The van der Waals surface area contributed by atoms with Crippen LogP contribution in [0.15, 0.2) is 16.9 Å². The van der Waals surface area contributed by atoms with Gasteiger partial charge in [0.25, 0.3) is 0 Å². The lowest BCUT2D eigenvalue weighted by Crippen LogP contribution is -2.35. The molecular formula is C14H19N3O. The first-order valence-corrected chi connectivity index (χ1v) is 6.59. The van der Waals surface area contributed by atoms with Crippen LogP contribution in [0.5, 0.6) is 0 Å². The van der Waals surface area contributed by atoms with Gasteiger partial charge in [0.2, 0.25) is 5.56 Å². The van der Waals surface area contributed by atoms with Gasteiger partial charge in [0, 0.05) is 23.8 Å². The van der Waals surface area contributed by atoms with Crippen LogP contribution in [0, 0.1) is 11.3 Å². The van der Waals surface area contributed by atoms with Crippen molar-refractivity contribution in [2.45, 2.75) is 51.1 Å². The fraction of sp³-hybridized carbons (Fsp3) is 0.571. The lowest BCUT2D eigenvalue weighted by atomic mass is 9.90. The summed E-state index contributed by atoms with van der Waals surface area (Å²) in [6.45, 7) is 2.09. The predicted octanol–water partition coefficient (Wildman–Crippen LogP) is 2.03. The molecule has 1 aromatic rings. The van der Waals surface area contributed by atoms with Gasteiger partial charge in [-0.15, -0.1) is 0 Å². The van der Waals surface area contributed by atoms with E-state index in [4.69, 9.17) is 5.26 Å². The van der Waals surface area contributed by atoms with Crippen molar-refractivity contribution in [3.63, 3.8) is 0 Å². The predicted molar refractivity (Wildman–Crippen MR) is 70.2 cm³/mol. The second kappa shape index (κ2) is 5.83. The second-order valence-corrected chi connectivity index (χ2v) is 4.84. The van der Waals surface area contributed by atoms with Crippen molar-refractivity contribution >= 4 is 0 Å². The van der Waals surface area contributed by atoms with E-state index in [0.717, 1.165) is 31.4 Å². The number of hydrogen-bond donors (Lipinski definition) is 2. The molecule has 1 aliphatic carbocycles. The molecule has 0 fully saturated rings. The molecule has 2 N–H and O–H groups in total. The summed E-state index contributed by atoms with van der Waals surface area (Å²) in [6.07, 6.45) is 4.57. The van der Waals surface area contributed by atoms with Gasteiger partial charge in [-0.05, 0) is 31.2 Å². The molecule has 2 atom stereocenters. The first kappa shape index (κ1) is 12.8. The van der Waals surface area contributed by atoms with E-state index >= 15 is 0 Å². The normalized spacial score (nSPS) is 19.9. The maximum atomic E-state index is 11.3. The monoisotopic (exact) mass is 245 g/mol. The fourth-order valence-corrected chi connectivity index (χ4v) is 2.59. The molecule has 4 heteroatoms. The minimum Gasteiger partial charge on any atom is -0.326 e. The molecule has 0 aliphatic heterocycles. The summed E-state index contributed by atoms with van der Waals surface area (Å²) >= 11 is 0. The summed E-state index contributed by atoms with van der Waals surface area (Å²) in [6, 6.07) is 6.23. The van der Waals surface area contributed by atoms with Crippen LogP contribution < -0.4 is 10.9 Å². The molecule has 0 saturated heterocycles. The molecule has 4 nitrogen and oxygen atoms in total. The Morgan fingerprint density at radius 2 is 2.44 bits per heavy atom. The Morgan fingerprint density at radius 1 is 1.61 bits per heavy atom. The number of aryl methyl sites for hydroxylation is 1. The summed E-state index contributed by atoms with van der Waals surface area (Å²) in [5, 5.41) is 12.3. The third-order valence-corrected chi connectivity index (χ3v) is 3.60. The Bertz CT molecular complexity index is 500. The van der Waals surface area contributed by atoms with Crippen molar-refractivity contribution < 1.29 is 0 Å². The van der Waals surface area contributed by atoms with Gasteiger partial charge in [0.1, 0.15) is 0 Å². The smallest absolute Gasteiger partial charge is 0.248 e. The molecule has 0 bridgehead atoms. The van der Waals surface area contributed by atoms with Gasteiger partial charge < -0.3 is 10.3 Å². The molecular weight excluding hydrogens is 226 g/mol. The first-order valence-electron chi connectivity index (χ1n) is 6.59. The second-order valence-electron chi connectivity index (χ2n) is 4.84. The maximum absolute atomic E-state index is 11.3. The van der Waals surface area contributed by atoms with E-state index in [1.54, 1.807) is 6.07 Å². The number of H-pyrrole nitrogens is 1. The molecule has 0 amide bonds. The van der Waals surface area contributed by atoms with Crippen molar-refractivity contribution in [2.24, 2.45) is 0 Å². The summed E-state index contributed by atoms with van der Waals surface area (Å²) in [4.78, 5) is 14.2. The van der Waals surface area contributed by atoms with Crippen LogP contribution in [0.3, 0.4) is 0 Å². The maximum Gasteiger partial charge on any atom is 0.248 e. The number of aromatic nitrogens is 1. The topological polar surface area (TPSA) is 68.7 Å². The molecule has 0 saturated carbocycles. The van der Waals surface area contributed by atoms with Crippen LogP contribution >= 0.6 is 0 Å². The van der Waals surface area contributed by atoms with Crippen molar-refractivity contribution in [3.8, 4) is 6.07 Å². The van der Waals surface area contributed by atoms with Gasteiger partial charge >= 0.3 is 0 Å². The molecule has 1 aromatic heterocycles. The van der Waals surface area contributed by atoms with Gasteiger partial charge in [-0.25, -0.2) is 0 Å². The van der Waals surface area contributed by atoms with E-state index in [1.165, 1.54) is 5.56 Å². The molecule has 2 unspecified atom stereocenters. The zero-order valence-electron chi connectivity index (χ0n) is 10.7. The molecule has 0 spiro atoms. The number of rotatable bonds is 4.